The van der Waals surface area contributed by atoms with Gasteiger partial charge in [0.05, 0.1) is 5.97 Å². The molecule has 0 bridgehead atoms. The Bertz CT molecular complexity index is 558. The van der Waals surface area contributed by atoms with Crippen LogP contribution in [0.5, 0.6) is 0 Å². The van der Waals surface area contributed by atoms with Crippen molar-refractivity contribution in [3.63, 3.8) is 0 Å². The fourth-order valence-corrected chi connectivity index (χ4v) is 2.36. The summed E-state index contributed by atoms with van der Waals surface area (Å²) in [5.41, 5.74) is 13.5. The molecule has 0 aliphatic rings. The van der Waals surface area contributed by atoms with E-state index in [4.69, 9.17) is 5.73 Å². The second-order valence-corrected chi connectivity index (χ2v) is 5.74. The molecule has 0 fully saturated rings. The van der Waals surface area contributed by atoms with Crippen molar-refractivity contribution >= 4 is 15.7 Å². The van der Waals surface area contributed by atoms with Gasteiger partial charge in [-0.25, -0.2) is 0 Å². The Kier molecular flexibility index (Phi) is 10.9. The summed E-state index contributed by atoms with van der Waals surface area (Å²) in [6.07, 6.45) is 0.323. The van der Waals surface area contributed by atoms with Crippen molar-refractivity contribution in [2.45, 2.75) is 47.1 Å². The molecule has 0 saturated heterocycles. The number of hydrogen-bond acceptors (Lipinski definition) is 3. The molecule has 2 aromatic rings. The average molecular weight is 438 g/mol. The van der Waals surface area contributed by atoms with Gasteiger partial charge in [-0.3, -0.25) is 0 Å². The van der Waals surface area contributed by atoms with Gasteiger partial charge in [0.15, 0.2) is 0 Å². The van der Waals surface area contributed by atoms with E-state index in [1.54, 1.807) is 0 Å². The maximum absolute atomic E-state index is 10.3. The van der Waals surface area contributed by atoms with Crippen molar-refractivity contribution in [3.8, 4) is 0 Å². The fraction of sp³-hybridized carbons (Fsp3) is 0.368. The van der Waals surface area contributed by atoms with Crippen LogP contribution in [0.3, 0.4) is 0 Å². The van der Waals surface area contributed by atoms with Crippen LogP contribution in [0, 0.1) is 34.6 Å². The predicted molar refractivity (Wildman–Crippen MR) is 94.7 cm³/mol. The molecule has 2 N–H and O–H groups in total. The van der Waals surface area contributed by atoms with Crippen LogP contribution >= 0.6 is 9.69 Å². The summed E-state index contributed by atoms with van der Waals surface area (Å²) >= 11 is 2.02. The molecule has 0 saturated carbocycles. The normalized spacial score (nSPS) is 10.8. The fourth-order valence-electron chi connectivity index (χ4n) is 2.36. The van der Waals surface area contributed by atoms with E-state index in [-0.39, 0.29) is 0 Å². The van der Waals surface area contributed by atoms with E-state index in [1.807, 2.05) is 47.6 Å². The second kappa shape index (κ2) is 11.5. The van der Waals surface area contributed by atoms with Gasteiger partial charge >= 0.3 is 27.0 Å². The molecule has 5 heteroatoms. The Hall–Kier alpha value is -1.09. The van der Waals surface area contributed by atoms with Gasteiger partial charge < -0.3 is 15.6 Å². The Morgan fingerprint density at radius 3 is 1.83 bits per heavy atom. The van der Waals surface area contributed by atoms with Crippen molar-refractivity contribution < 1.29 is 27.2 Å². The topological polar surface area (TPSA) is 66.2 Å². The van der Waals surface area contributed by atoms with Gasteiger partial charge in [0, 0.05) is 6.04 Å². The summed E-state index contributed by atoms with van der Waals surface area (Å²) in [7, 11) is 4.53. The van der Waals surface area contributed by atoms with E-state index < -0.39 is 12.0 Å². The molecule has 0 aromatic heterocycles. The Balaban J connectivity index is 0.000000405. The quantitative estimate of drug-likeness (QED) is 0.593. The molecular weight excluding hydrogens is 413 g/mol. The molecular formula is C19H25ClNO2Rh. The first-order valence-corrected chi connectivity index (χ1v) is 9.69. The zero-order valence-electron chi connectivity index (χ0n) is 14.8. The minimum atomic E-state index is -1.21. The number of carboxylic acid groups (broad SMARTS) is 1. The molecule has 24 heavy (non-hydrogen) atoms. The van der Waals surface area contributed by atoms with Gasteiger partial charge in [-0.2, -0.15) is 27.8 Å². The molecule has 1 atom stereocenters. The molecule has 0 aliphatic heterocycles. The number of aliphatic carboxylic acids is 1. The first-order chi connectivity index (χ1) is 11.3. The van der Waals surface area contributed by atoms with Crippen LogP contribution in [-0.4, -0.2) is 12.0 Å². The van der Waals surface area contributed by atoms with Crippen LogP contribution in [-0.2, 0) is 28.5 Å². The van der Waals surface area contributed by atoms with Crippen LogP contribution in [0.4, 0.5) is 0 Å². The van der Waals surface area contributed by atoms with Gasteiger partial charge in [0.1, 0.15) is 0 Å². The van der Waals surface area contributed by atoms with Crippen molar-refractivity contribution in [2.75, 3.05) is 0 Å². The van der Waals surface area contributed by atoms with E-state index >= 15 is 0 Å². The third kappa shape index (κ3) is 6.80. The SMILES string of the molecule is Cc1c(C)c(C)[c-](C)c1C.N[C@@H](Cc1ccccc1)C(=O)[O-].[Cl][Rh+2]. The monoisotopic (exact) mass is 437 g/mol. The number of rotatable bonds is 3. The number of nitrogens with two attached hydrogens (primary N) is 1. The van der Waals surface area contributed by atoms with Gasteiger partial charge in [-0.1, -0.05) is 65.0 Å². The number of benzene rings is 1. The Morgan fingerprint density at radius 1 is 1.12 bits per heavy atom. The van der Waals surface area contributed by atoms with E-state index in [9.17, 15) is 9.90 Å². The first kappa shape index (κ1) is 22.9. The summed E-state index contributed by atoms with van der Waals surface area (Å²) in [5, 5.41) is 10.3. The van der Waals surface area contributed by atoms with E-state index in [1.165, 1.54) is 27.8 Å². The van der Waals surface area contributed by atoms with Gasteiger partial charge in [-0.15, -0.1) is 0 Å². The molecule has 2 aromatic carbocycles. The van der Waals surface area contributed by atoms with Crippen molar-refractivity contribution in [3.05, 3.63) is 63.7 Å². The van der Waals surface area contributed by atoms with E-state index in [0.717, 1.165) is 5.56 Å². The third-order valence-corrected chi connectivity index (χ3v) is 4.41. The molecule has 2 rings (SSSR count). The third-order valence-electron chi connectivity index (χ3n) is 4.41. The van der Waals surface area contributed by atoms with Crippen LogP contribution in [0.15, 0.2) is 30.3 Å². The molecule has 0 aliphatic carbocycles. The van der Waals surface area contributed by atoms with Gasteiger partial charge in [0.25, 0.3) is 0 Å². The van der Waals surface area contributed by atoms with Gasteiger partial charge in [-0.05, 0) is 12.0 Å². The van der Waals surface area contributed by atoms with E-state index in [0.29, 0.717) is 6.42 Å². The van der Waals surface area contributed by atoms with Crippen LogP contribution < -0.4 is 10.8 Å². The summed E-state index contributed by atoms with van der Waals surface area (Å²) in [6.45, 7) is 11.0. The number of carboxylic acids is 1. The molecule has 0 spiro atoms. The predicted octanol–water partition coefficient (Wildman–Crippen LogP) is 2.94. The van der Waals surface area contributed by atoms with Crippen LogP contribution in [0.25, 0.3) is 0 Å². The molecule has 3 nitrogen and oxygen atoms in total. The standard InChI is InChI=1S/C10H15.C9H11NO2.ClH.Rh/c1-6-7(2)9(4)10(5)8(6)3;10-8(9(11)12)6-7-4-2-1-3-5-7;;/h1-5H3;1-5,8H,6,10H2,(H,11,12);1H;/q-1;;;+3/p-2/t;8-;;/m.0../s1. The summed E-state index contributed by atoms with van der Waals surface area (Å²) in [5.74, 6) is -1.21. The zero-order valence-corrected chi connectivity index (χ0v) is 17.2. The number of hydrogen-bond donors (Lipinski definition) is 1. The number of halogens is 1. The summed E-state index contributed by atoms with van der Waals surface area (Å²) in [4.78, 5) is 10.3. The average Bonchev–Trinajstić information content (AvgIpc) is 2.76. The van der Waals surface area contributed by atoms with Crippen LogP contribution in [0.1, 0.15) is 33.4 Å². The van der Waals surface area contributed by atoms with Crippen LogP contribution in [0.2, 0.25) is 0 Å². The molecule has 0 amide bonds. The second-order valence-electron chi connectivity index (χ2n) is 5.74. The Morgan fingerprint density at radius 2 is 1.54 bits per heavy atom. The molecule has 134 valence electrons. The summed E-state index contributed by atoms with van der Waals surface area (Å²) < 4.78 is 0. The summed E-state index contributed by atoms with van der Waals surface area (Å²) in [6, 6.07) is 8.32. The minimum absolute atomic E-state index is 0.323. The van der Waals surface area contributed by atoms with E-state index in [2.05, 4.69) is 44.3 Å². The first-order valence-electron chi connectivity index (χ1n) is 7.58. The molecule has 0 heterocycles. The zero-order chi connectivity index (χ0) is 18.9. The maximum atomic E-state index is 10.3. The Labute approximate surface area is 159 Å². The van der Waals surface area contributed by atoms with Gasteiger partial charge in [0.2, 0.25) is 0 Å². The molecule has 0 radical (unpaired) electrons. The van der Waals surface area contributed by atoms with Crippen molar-refractivity contribution in [1.29, 1.82) is 0 Å². The van der Waals surface area contributed by atoms with Crippen molar-refractivity contribution in [1.82, 2.24) is 0 Å². The number of carbonyl (C=O) groups is 1. The molecule has 0 unspecified atom stereocenters. The van der Waals surface area contributed by atoms with Crippen molar-refractivity contribution in [2.24, 2.45) is 5.73 Å². The number of carbonyl (C=O) groups excluding carboxylic acids is 1.